The van der Waals surface area contributed by atoms with E-state index in [1.165, 1.54) is 6.42 Å². The largest absolute Gasteiger partial charge is 0.376 e. The lowest BCUT2D eigenvalue weighted by Gasteiger charge is -2.34. The van der Waals surface area contributed by atoms with Gasteiger partial charge in [-0.15, -0.1) is 24.0 Å². The summed E-state index contributed by atoms with van der Waals surface area (Å²) >= 11 is 0. The molecule has 3 heterocycles. The van der Waals surface area contributed by atoms with Crippen molar-refractivity contribution in [1.29, 1.82) is 0 Å². The van der Waals surface area contributed by atoms with Crippen molar-refractivity contribution in [3.63, 3.8) is 0 Å². The second kappa shape index (κ2) is 11.0. The van der Waals surface area contributed by atoms with E-state index < -0.39 is 0 Å². The molecule has 1 atom stereocenters. The van der Waals surface area contributed by atoms with E-state index in [2.05, 4.69) is 27.2 Å². The molecule has 1 N–H and O–H groups in total. The summed E-state index contributed by atoms with van der Waals surface area (Å²) in [6.45, 7) is 7.03. The van der Waals surface area contributed by atoms with Gasteiger partial charge in [0.05, 0.1) is 18.8 Å². The maximum absolute atomic E-state index is 6.06. The fraction of sp³-hybridized carbons (Fsp3) is 0.824. The van der Waals surface area contributed by atoms with Gasteiger partial charge in [-0.25, -0.2) is 9.98 Å². The van der Waals surface area contributed by atoms with Crippen LogP contribution in [0.4, 0.5) is 0 Å². The van der Waals surface area contributed by atoms with Crippen molar-refractivity contribution in [2.75, 3.05) is 32.8 Å². The number of guanidine groups is 1. The average Bonchev–Trinajstić information content (AvgIpc) is 3.29. The highest BCUT2D eigenvalue weighted by Gasteiger charge is 2.24. The monoisotopic (exact) mass is 478 g/mol. The highest BCUT2D eigenvalue weighted by atomic mass is 127. The number of nitrogens with one attached hydrogen (secondary N) is 1. The molecule has 9 heteroatoms. The van der Waals surface area contributed by atoms with Gasteiger partial charge in [0.25, 0.3) is 0 Å². The quantitative estimate of drug-likeness (QED) is 0.380. The lowest BCUT2D eigenvalue weighted by atomic mass is 10.1. The number of halogens is 1. The van der Waals surface area contributed by atoms with E-state index in [0.717, 1.165) is 63.9 Å². The standard InChI is InChI=1S/C17H30N6O2.HI/c1-3-18-17(19-11-16-20-13-21-22(16)2)23-8-6-14(7-9-23)25-12-15-5-4-10-24-15;/h13-15H,3-12H2,1-2H3,(H,18,19);1H. The Morgan fingerprint density at radius 3 is 2.81 bits per heavy atom. The summed E-state index contributed by atoms with van der Waals surface area (Å²) in [6.07, 6.45) is 6.57. The summed E-state index contributed by atoms with van der Waals surface area (Å²) in [5.41, 5.74) is 0. The number of hydrogen-bond donors (Lipinski definition) is 1. The Kier molecular flexibility index (Phi) is 9.06. The van der Waals surface area contributed by atoms with Crippen molar-refractivity contribution in [2.24, 2.45) is 12.0 Å². The minimum absolute atomic E-state index is 0. The zero-order valence-electron chi connectivity index (χ0n) is 15.8. The molecule has 8 nitrogen and oxygen atoms in total. The summed E-state index contributed by atoms with van der Waals surface area (Å²) in [4.78, 5) is 11.3. The Hall–Kier alpha value is -0.940. The molecule has 1 unspecified atom stereocenters. The highest BCUT2D eigenvalue weighted by Crippen LogP contribution is 2.18. The molecule has 0 saturated carbocycles. The maximum Gasteiger partial charge on any atom is 0.194 e. The zero-order chi connectivity index (χ0) is 17.5. The Balaban J connectivity index is 0.00000243. The van der Waals surface area contributed by atoms with Crippen LogP contribution >= 0.6 is 24.0 Å². The molecule has 1 aromatic heterocycles. The van der Waals surface area contributed by atoms with Crippen molar-refractivity contribution in [1.82, 2.24) is 25.0 Å². The predicted molar refractivity (Wildman–Crippen MR) is 111 cm³/mol. The van der Waals surface area contributed by atoms with Crippen LogP contribution in [-0.2, 0) is 23.1 Å². The fourth-order valence-corrected chi connectivity index (χ4v) is 3.29. The molecule has 2 fully saturated rings. The Bertz CT molecular complexity index is 553. The van der Waals surface area contributed by atoms with E-state index in [-0.39, 0.29) is 24.0 Å². The topological polar surface area (TPSA) is 76.8 Å². The lowest BCUT2D eigenvalue weighted by molar-refractivity contribution is -0.0367. The molecule has 26 heavy (non-hydrogen) atoms. The van der Waals surface area contributed by atoms with Crippen LogP contribution in [0.5, 0.6) is 0 Å². The first-order chi connectivity index (χ1) is 12.3. The van der Waals surface area contributed by atoms with Crippen molar-refractivity contribution >= 4 is 29.9 Å². The van der Waals surface area contributed by atoms with Gasteiger partial charge in [0.1, 0.15) is 18.7 Å². The molecule has 0 aromatic carbocycles. The van der Waals surface area contributed by atoms with Crippen molar-refractivity contribution in [3.05, 3.63) is 12.2 Å². The molecule has 3 rings (SSSR count). The summed E-state index contributed by atoms with van der Waals surface area (Å²) in [6, 6.07) is 0. The van der Waals surface area contributed by atoms with E-state index in [4.69, 9.17) is 14.5 Å². The molecule has 0 radical (unpaired) electrons. The molecule has 0 amide bonds. The van der Waals surface area contributed by atoms with Gasteiger partial charge in [-0.05, 0) is 32.6 Å². The van der Waals surface area contributed by atoms with Crippen LogP contribution in [0.1, 0.15) is 38.4 Å². The number of piperidine rings is 1. The third-order valence-electron chi connectivity index (χ3n) is 4.79. The molecule has 0 bridgehead atoms. The van der Waals surface area contributed by atoms with Gasteiger partial charge in [-0.2, -0.15) is 5.10 Å². The first-order valence-corrected chi connectivity index (χ1v) is 9.35. The minimum atomic E-state index is 0. The van der Waals surface area contributed by atoms with Crippen LogP contribution < -0.4 is 5.32 Å². The van der Waals surface area contributed by atoms with Crippen LogP contribution in [0.3, 0.4) is 0 Å². The average molecular weight is 478 g/mol. The summed E-state index contributed by atoms with van der Waals surface area (Å²) in [5, 5.41) is 7.48. The van der Waals surface area contributed by atoms with Gasteiger partial charge in [-0.3, -0.25) is 4.68 Å². The maximum atomic E-state index is 6.06. The molecule has 148 valence electrons. The Labute approximate surface area is 172 Å². The van der Waals surface area contributed by atoms with Crippen LogP contribution in [0, 0.1) is 0 Å². The van der Waals surface area contributed by atoms with Gasteiger partial charge < -0.3 is 19.7 Å². The van der Waals surface area contributed by atoms with Gasteiger partial charge in [0.15, 0.2) is 5.96 Å². The van der Waals surface area contributed by atoms with Crippen LogP contribution in [0.15, 0.2) is 11.3 Å². The molecule has 1 aromatic rings. The predicted octanol–water partition coefficient (Wildman–Crippen LogP) is 1.56. The summed E-state index contributed by atoms with van der Waals surface area (Å²) in [7, 11) is 1.89. The molecule has 2 saturated heterocycles. The van der Waals surface area contributed by atoms with E-state index in [9.17, 15) is 0 Å². The number of aromatic nitrogens is 3. The normalized spacial score (nSPS) is 21.7. The van der Waals surface area contributed by atoms with Crippen molar-refractivity contribution in [2.45, 2.75) is 51.4 Å². The summed E-state index contributed by atoms with van der Waals surface area (Å²) in [5.74, 6) is 1.81. The van der Waals surface area contributed by atoms with Crippen LogP contribution in [0.25, 0.3) is 0 Å². The highest BCUT2D eigenvalue weighted by molar-refractivity contribution is 14.0. The number of rotatable bonds is 6. The smallest absolute Gasteiger partial charge is 0.194 e. The van der Waals surface area contributed by atoms with E-state index in [1.54, 1.807) is 11.0 Å². The van der Waals surface area contributed by atoms with E-state index in [1.807, 2.05) is 7.05 Å². The van der Waals surface area contributed by atoms with E-state index in [0.29, 0.717) is 18.8 Å². The molecule has 0 spiro atoms. The number of likely N-dealkylation sites (tertiary alicyclic amines) is 1. The molecular formula is C17H31IN6O2. The van der Waals surface area contributed by atoms with E-state index >= 15 is 0 Å². The van der Waals surface area contributed by atoms with Gasteiger partial charge in [0, 0.05) is 33.3 Å². The second-order valence-electron chi connectivity index (χ2n) is 6.62. The molecule has 0 aliphatic carbocycles. The van der Waals surface area contributed by atoms with Crippen LogP contribution in [-0.4, -0.2) is 70.7 Å². The number of nitrogens with zero attached hydrogens (tertiary/aromatic N) is 5. The van der Waals surface area contributed by atoms with Crippen molar-refractivity contribution in [3.8, 4) is 0 Å². The molecule has 2 aliphatic heterocycles. The van der Waals surface area contributed by atoms with Crippen LogP contribution in [0.2, 0.25) is 0 Å². The third-order valence-corrected chi connectivity index (χ3v) is 4.79. The Morgan fingerprint density at radius 2 is 2.19 bits per heavy atom. The SMILES string of the molecule is CCNC(=NCc1ncnn1C)N1CCC(OCC2CCCO2)CC1.I. The second-order valence-corrected chi connectivity index (χ2v) is 6.62. The third kappa shape index (κ3) is 6.05. The number of hydrogen-bond acceptors (Lipinski definition) is 5. The first kappa shape index (κ1) is 21.4. The number of ether oxygens (including phenoxy) is 2. The zero-order valence-corrected chi connectivity index (χ0v) is 18.1. The first-order valence-electron chi connectivity index (χ1n) is 9.35. The Morgan fingerprint density at radius 1 is 1.38 bits per heavy atom. The summed E-state index contributed by atoms with van der Waals surface area (Å²) < 4.78 is 13.5. The number of aliphatic imine (C=N–C) groups is 1. The minimum Gasteiger partial charge on any atom is -0.376 e. The fourth-order valence-electron chi connectivity index (χ4n) is 3.29. The van der Waals surface area contributed by atoms with Gasteiger partial charge in [0.2, 0.25) is 0 Å². The van der Waals surface area contributed by atoms with Gasteiger partial charge >= 0.3 is 0 Å². The van der Waals surface area contributed by atoms with Crippen molar-refractivity contribution < 1.29 is 9.47 Å². The van der Waals surface area contributed by atoms with Gasteiger partial charge in [-0.1, -0.05) is 0 Å². The lowest BCUT2D eigenvalue weighted by Crippen LogP contribution is -2.47. The molecule has 2 aliphatic rings. The molecular weight excluding hydrogens is 447 g/mol. The number of aryl methyl sites for hydroxylation is 1.